The van der Waals surface area contributed by atoms with Gasteiger partial charge in [0.05, 0.1) is 11.0 Å². The maximum Gasteiger partial charge on any atom is 0.144 e. The van der Waals surface area contributed by atoms with Crippen LogP contribution in [0.5, 0.6) is 0 Å². The van der Waals surface area contributed by atoms with Gasteiger partial charge < -0.3 is 8.98 Å². The van der Waals surface area contributed by atoms with Gasteiger partial charge >= 0.3 is 0 Å². The molecular formula is C42H23NOS2. The first-order chi connectivity index (χ1) is 22.8. The van der Waals surface area contributed by atoms with Crippen molar-refractivity contribution in [1.82, 2.24) is 4.57 Å². The Bertz CT molecular complexity index is 2990. The van der Waals surface area contributed by atoms with Crippen LogP contribution in [0.2, 0.25) is 0 Å². The van der Waals surface area contributed by atoms with Gasteiger partial charge in [0.1, 0.15) is 11.2 Å². The van der Waals surface area contributed by atoms with E-state index in [0.717, 1.165) is 16.6 Å². The van der Waals surface area contributed by atoms with Crippen LogP contribution in [0.25, 0.3) is 101 Å². The fourth-order valence-electron chi connectivity index (χ4n) is 7.55. The number of fused-ring (bicyclic) bond motifs is 13. The second-order valence-corrected chi connectivity index (χ2v) is 14.2. The summed E-state index contributed by atoms with van der Waals surface area (Å²) in [6, 6.07) is 50.9. The molecule has 2 nitrogen and oxygen atoms in total. The van der Waals surface area contributed by atoms with Gasteiger partial charge in [-0.15, -0.1) is 22.7 Å². The number of para-hydroxylation sites is 3. The normalized spacial score (nSPS) is 12.3. The van der Waals surface area contributed by atoms with E-state index in [2.05, 4.69) is 144 Å². The summed E-state index contributed by atoms with van der Waals surface area (Å²) in [5, 5.41) is 10.00. The van der Waals surface area contributed by atoms with Crippen LogP contribution in [0.3, 0.4) is 0 Å². The molecule has 4 aromatic heterocycles. The second kappa shape index (κ2) is 9.07. The summed E-state index contributed by atoms with van der Waals surface area (Å²) in [4.78, 5) is 0. The van der Waals surface area contributed by atoms with E-state index in [1.165, 1.54) is 84.4 Å². The summed E-state index contributed by atoms with van der Waals surface area (Å²) < 4.78 is 14.1. The van der Waals surface area contributed by atoms with Gasteiger partial charge in [0, 0.05) is 73.1 Å². The SMILES string of the molecule is c1ccc2c(c1)oc1c2cc(-c2ccc3c(c2)sc2cc(-n4c5ccccc5c5ccccc54)ccc23)c2sc3ccccc3c21. The molecule has 0 saturated carbocycles. The molecule has 4 heterocycles. The zero-order valence-corrected chi connectivity index (χ0v) is 26.1. The number of nitrogens with zero attached hydrogens (tertiary/aromatic N) is 1. The van der Waals surface area contributed by atoms with Gasteiger partial charge in [-0.25, -0.2) is 0 Å². The Balaban J connectivity index is 1.15. The van der Waals surface area contributed by atoms with Crippen molar-refractivity contribution in [3.8, 4) is 16.8 Å². The lowest BCUT2D eigenvalue weighted by molar-refractivity contribution is 0.673. The van der Waals surface area contributed by atoms with Crippen LogP contribution in [0.4, 0.5) is 0 Å². The molecule has 214 valence electrons. The van der Waals surface area contributed by atoms with Crippen molar-refractivity contribution in [3.63, 3.8) is 0 Å². The fraction of sp³-hybridized carbons (Fsp3) is 0. The molecule has 4 heteroatoms. The lowest BCUT2D eigenvalue weighted by Crippen LogP contribution is -1.92. The van der Waals surface area contributed by atoms with Gasteiger partial charge in [-0.1, -0.05) is 91.0 Å². The Hall–Kier alpha value is -5.42. The molecule has 11 rings (SSSR count). The van der Waals surface area contributed by atoms with Gasteiger partial charge in [0.15, 0.2) is 0 Å². The number of hydrogen-bond donors (Lipinski definition) is 0. The number of benzene rings is 7. The van der Waals surface area contributed by atoms with Gasteiger partial charge in [0.25, 0.3) is 0 Å². The van der Waals surface area contributed by atoms with E-state index >= 15 is 0 Å². The molecule has 0 aliphatic heterocycles. The molecule has 46 heavy (non-hydrogen) atoms. The maximum absolute atomic E-state index is 6.54. The number of thiophene rings is 2. The molecule has 0 unspecified atom stereocenters. The molecule has 0 atom stereocenters. The summed E-state index contributed by atoms with van der Waals surface area (Å²) in [6.45, 7) is 0. The predicted octanol–water partition coefficient (Wildman–Crippen LogP) is 13.1. The van der Waals surface area contributed by atoms with E-state index in [0.29, 0.717) is 0 Å². The smallest absolute Gasteiger partial charge is 0.144 e. The van der Waals surface area contributed by atoms with E-state index in [1.54, 1.807) is 0 Å². The monoisotopic (exact) mass is 621 g/mol. The highest BCUT2D eigenvalue weighted by Crippen LogP contribution is 2.47. The van der Waals surface area contributed by atoms with Crippen LogP contribution in [0, 0.1) is 0 Å². The van der Waals surface area contributed by atoms with Gasteiger partial charge in [-0.3, -0.25) is 0 Å². The molecule has 0 aliphatic carbocycles. The minimum Gasteiger partial charge on any atom is -0.455 e. The topological polar surface area (TPSA) is 18.1 Å². The average molecular weight is 622 g/mol. The van der Waals surface area contributed by atoms with Crippen molar-refractivity contribution in [2.75, 3.05) is 0 Å². The van der Waals surface area contributed by atoms with E-state index in [4.69, 9.17) is 4.42 Å². The van der Waals surface area contributed by atoms with Crippen LogP contribution in [0.1, 0.15) is 0 Å². The fourth-order valence-corrected chi connectivity index (χ4v) is 9.97. The Kier molecular flexibility index (Phi) is 4.90. The Morgan fingerprint density at radius 2 is 1.11 bits per heavy atom. The highest BCUT2D eigenvalue weighted by Gasteiger charge is 2.20. The van der Waals surface area contributed by atoms with Crippen molar-refractivity contribution in [3.05, 3.63) is 140 Å². The molecule has 0 saturated heterocycles. The van der Waals surface area contributed by atoms with Gasteiger partial charge in [-0.2, -0.15) is 0 Å². The zero-order chi connectivity index (χ0) is 29.9. The highest BCUT2D eigenvalue weighted by molar-refractivity contribution is 7.26. The molecule has 0 bridgehead atoms. The van der Waals surface area contributed by atoms with Crippen LogP contribution in [0.15, 0.2) is 144 Å². The van der Waals surface area contributed by atoms with Gasteiger partial charge in [0.2, 0.25) is 0 Å². The van der Waals surface area contributed by atoms with E-state index in [1.807, 2.05) is 22.7 Å². The predicted molar refractivity (Wildman–Crippen MR) is 199 cm³/mol. The number of rotatable bonds is 2. The Morgan fingerprint density at radius 1 is 0.457 bits per heavy atom. The summed E-state index contributed by atoms with van der Waals surface area (Å²) in [5.41, 5.74) is 8.09. The molecule has 0 N–H and O–H groups in total. The van der Waals surface area contributed by atoms with Crippen molar-refractivity contribution < 1.29 is 4.42 Å². The highest BCUT2D eigenvalue weighted by atomic mass is 32.1. The zero-order valence-electron chi connectivity index (χ0n) is 24.5. The minimum absolute atomic E-state index is 0.935. The first-order valence-electron chi connectivity index (χ1n) is 15.5. The summed E-state index contributed by atoms with van der Waals surface area (Å²) in [7, 11) is 0. The lowest BCUT2D eigenvalue weighted by Gasteiger charge is -2.08. The van der Waals surface area contributed by atoms with Crippen LogP contribution in [-0.4, -0.2) is 4.57 Å². The lowest BCUT2D eigenvalue weighted by atomic mass is 9.98. The van der Waals surface area contributed by atoms with Crippen molar-refractivity contribution >= 4 is 107 Å². The average Bonchev–Trinajstić information content (AvgIpc) is 3.86. The van der Waals surface area contributed by atoms with Gasteiger partial charge in [-0.05, 0) is 54.1 Å². The number of furan rings is 1. The third-order valence-corrected chi connectivity index (χ3v) is 11.9. The largest absolute Gasteiger partial charge is 0.455 e. The molecule has 0 fully saturated rings. The molecule has 0 spiro atoms. The van der Waals surface area contributed by atoms with Crippen molar-refractivity contribution in [1.29, 1.82) is 0 Å². The van der Waals surface area contributed by atoms with Crippen molar-refractivity contribution in [2.24, 2.45) is 0 Å². The molecule has 7 aromatic carbocycles. The third-order valence-electron chi connectivity index (χ3n) is 9.60. The molecule has 0 radical (unpaired) electrons. The number of hydrogen-bond acceptors (Lipinski definition) is 3. The summed E-state index contributed by atoms with van der Waals surface area (Å²) >= 11 is 3.74. The molecular weight excluding hydrogens is 599 g/mol. The first kappa shape index (κ1) is 24.8. The van der Waals surface area contributed by atoms with E-state index in [-0.39, 0.29) is 0 Å². The first-order valence-corrected chi connectivity index (χ1v) is 17.1. The molecule has 0 aliphatic rings. The van der Waals surface area contributed by atoms with E-state index < -0.39 is 0 Å². The van der Waals surface area contributed by atoms with Crippen LogP contribution in [-0.2, 0) is 0 Å². The second-order valence-electron chi connectivity index (χ2n) is 12.1. The summed E-state index contributed by atoms with van der Waals surface area (Å²) in [6.07, 6.45) is 0. The standard InChI is InChI=1S/C42H23NOS2/c1-5-13-34-26(9-1)27-10-2-6-14-35(27)43(34)25-18-20-30-29-19-17-24(21-38(29)45-39(30)22-25)32-23-33-28-11-3-7-15-36(28)44-41(33)40-31-12-4-8-16-37(31)46-42(32)40/h1-23H. The van der Waals surface area contributed by atoms with Crippen LogP contribution < -0.4 is 0 Å². The third kappa shape index (κ3) is 3.30. The number of aromatic nitrogens is 1. The minimum atomic E-state index is 0.935. The van der Waals surface area contributed by atoms with Crippen molar-refractivity contribution in [2.45, 2.75) is 0 Å². The molecule has 11 aromatic rings. The molecule has 0 amide bonds. The Labute approximate surface area is 270 Å². The maximum atomic E-state index is 6.54. The summed E-state index contributed by atoms with van der Waals surface area (Å²) in [5.74, 6) is 0. The quantitative estimate of drug-likeness (QED) is 0.188. The Morgan fingerprint density at radius 3 is 1.91 bits per heavy atom. The van der Waals surface area contributed by atoms with Crippen LogP contribution >= 0.6 is 22.7 Å². The van der Waals surface area contributed by atoms with E-state index in [9.17, 15) is 0 Å².